The Morgan fingerprint density at radius 3 is 2.22 bits per heavy atom. The number of rotatable bonds is 5. The van der Waals surface area contributed by atoms with Crippen molar-refractivity contribution in [3.8, 4) is 0 Å². The Bertz CT molecular complexity index is 472. The molecule has 0 aromatic heterocycles. The van der Waals surface area contributed by atoms with Crippen LogP contribution in [0.5, 0.6) is 0 Å². The first-order valence-corrected chi connectivity index (χ1v) is 10.2. The number of nitrogens with two attached hydrogens (primary N) is 1. The van der Waals surface area contributed by atoms with E-state index in [4.69, 9.17) is 5.73 Å². The smallest absolute Gasteiger partial charge is 0.223 e. The molecule has 23 heavy (non-hydrogen) atoms. The van der Waals surface area contributed by atoms with Crippen LogP contribution in [0.3, 0.4) is 0 Å². The number of hydrogen-bond donors (Lipinski definition) is 2. The predicted molar refractivity (Wildman–Crippen MR) is 93.9 cm³/mol. The van der Waals surface area contributed by atoms with Crippen molar-refractivity contribution in [2.24, 2.45) is 17.6 Å². The van der Waals surface area contributed by atoms with Crippen LogP contribution in [0.2, 0.25) is 0 Å². The number of carbonyl (C=O) groups excluding carboxylic acids is 1. The summed E-state index contributed by atoms with van der Waals surface area (Å²) in [5.74, 6) is 0.462. The van der Waals surface area contributed by atoms with Crippen LogP contribution in [0.1, 0.15) is 44.9 Å². The van der Waals surface area contributed by atoms with Crippen LogP contribution in [-0.2, 0) is 14.8 Å². The first-order valence-electron chi connectivity index (χ1n) is 8.37. The number of nitrogens with zero attached hydrogens (tertiary/aromatic N) is 1. The second kappa shape index (κ2) is 9.20. The molecule has 1 aliphatic carbocycles. The van der Waals surface area contributed by atoms with Crippen molar-refractivity contribution in [1.29, 1.82) is 0 Å². The highest BCUT2D eigenvalue weighted by atomic mass is 35.5. The molecule has 1 saturated carbocycles. The molecule has 1 atom stereocenters. The van der Waals surface area contributed by atoms with Gasteiger partial charge >= 0.3 is 0 Å². The minimum absolute atomic E-state index is 0. The molecule has 0 bridgehead atoms. The van der Waals surface area contributed by atoms with Crippen molar-refractivity contribution < 1.29 is 13.2 Å². The first kappa shape index (κ1) is 20.7. The summed E-state index contributed by atoms with van der Waals surface area (Å²) in [7, 11) is -3.14. The Morgan fingerprint density at radius 1 is 1.17 bits per heavy atom. The molecule has 0 spiro atoms. The van der Waals surface area contributed by atoms with Gasteiger partial charge in [0.25, 0.3) is 0 Å². The van der Waals surface area contributed by atoms with E-state index < -0.39 is 10.0 Å². The van der Waals surface area contributed by atoms with Crippen molar-refractivity contribution >= 4 is 28.3 Å². The summed E-state index contributed by atoms with van der Waals surface area (Å²) in [6, 6.07) is 0.0701. The monoisotopic (exact) mass is 367 g/mol. The fourth-order valence-corrected chi connectivity index (χ4v) is 4.53. The Balaban J connectivity index is 0.00000264. The number of carbonyl (C=O) groups is 1. The summed E-state index contributed by atoms with van der Waals surface area (Å²) in [5.41, 5.74) is 5.86. The molecular formula is C15H30ClN3O3S. The van der Waals surface area contributed by atoms with Gasteiger partial charge in [0.1, 0.15) is 0 Å². The van der Waals surface area contributed by atoms with Crippen LogP contribution >= 0.6 is 12.4 Å². The quantitative estimate of drug-likeness (QED) is 0.761. The summed E-state index contributed by atoms with van der Waals surface area (Å²) < 4.78 is 24.5. The number of amides is 1. The van der Waals surface area contributed by atoms with Crippen LogP contribution in [0.15, 0.2) is 0 Å². The lowest BCUT2D eigenvalue weighted by molar-refractivity contribution is -0.127. The number of hydrogen-bond acceptors (Lipinski definition) is 4. The normalized spacial score (nSPS) is 23.0. The van der Waals surface area contributed by atoms with Crippen molar-refractivity contribution in [2.75, 3.05) is 25.9 Å². The van der Waals surface area contributed by atoms with Gasteiger partial charge in [0, 0.05) is 31.6 Å². The van der Waals surface area contributed by atoms with Crippen LogP contribution in [0.25, 0.3) is 0 Å². The number of sulfonamides is 1. The van der Waals surface area contributed by atoms with Gasteiger partial charge in [-0.2, -0.15) is 0 Å². The molecule has 1 saturated heterocycles. The van der Waals surface area contributed by atoms with E-state index in [2.05, 4.69) is 5.32 Å². The maximum Gasteiger partial charge on any atom is 0.223 e. The molecule has 2 aliphatic rings. The minimum atomic E-state index is -3.14. The lowest BCUT2D eigenvalue weighted by Crippen LogP contribution is -2.50. The van der Waals surface area contributed by atoms with E-state index in [1.165, 1.54) is 29.8 Å². The fraction of sp³-hybridized carbons (Fsp3) is 0.933. The third-order valence-corrected chi connectivity index (χ3v) is 6.40. The van der Waals surface area contributed by atoms with E-state index in [-0.39, 0.29) is 30.3 Å². The van der Waals surface area contributed by atoms with Gasteiger partial charge in [-0.05, 0) is 31.6 Å². The molecule has 1 heterocycles. The van der Waals surface area contributed by atoms with Gasteiger partial charge in [0.2, 0.25) is 15.9 Å². The number of halogens is 1. The topological polar surface area (TPSA) is 92.5 Å². The zero-order valence-electron chi connectivity index (χ0n) is 13.9. The zero-order chi connectivity index (χ0) is 16.2. The maximum atomic E-state index is 12.4. The SMILES string of the molecule is CS(=O)(=O)N1CCC(C(=O)NC(CN)C2CCCCC2)CC1.Cl. The standard InChI is InChI=1S/C15H29N3O3S.ClH/c1-22(20,21)18-9-7-13(8-10-18)15(19)17-14(11-16)12-5-3-2-4-6-12;/h12-14H,2-11,16H2,1H3,(H,17,19);1H. The molecule has 1 amide bonds. The third-order valence-electron chi connectivity index (χ3n) is 5.09. The average molecular weight is 368 g/mol. The van der Waals surface area contributed by atoms with Crippen LogP contribution in [0, 0.1) is 11.8 Å². The summed E-state index contributed by atoms with van der Waals surface area (Å²) in [5, 5.41) is 3.13. The van der Waals surface area contributed by atoms with Crippen LogP contribution in [-0.4, -0.2) is 50.6 Å². The average Bonchev–Trinajstić information content (AvgIpc) is 2.52. The third kappa shape index (κ3) is 5.89. The van der Waals surface area contributed by atoms with Gasteiger partial charge in [-0.15, -0.1) is 12.4 Å². The van der Waals surface area contributed by atoms with Gasteiger partial charge in [0.05, 0.1) is 6.26 Å². The van der Waals surface area contributed by atoms with Gasteiger partial charge in [-0.25, -0.2) is 12.7 Å². The van der Waals surface area contributed by atoms with Crippen molar-refractivity contribution in [1.82, 2.24) is 9.62 Å². The molecule has 2 rings (SSSR count). The molecule has 3 N–H and O–H groups in total. The highest BCUT2D eigenvalue weighted by molar-refractivity contribution is 7.88. The van der Waals surface area contributed by atoms with E-state index in [0.29, 0.717) is 38.4 Å². The molecule has 2 fully saturated rings. The summed E-state index contributed by atoms with van der Waals surface area (Å²) in [6.45, 7) is 1.36. The van der Waals surface area contributed by atoms with Crippen molar-refractivity contribution in [2.45, 2.75) is 51.0 Å². The highest BCUT2D eigenvalue weighted by Crippen LogP contribution is 2.27. The summed E-state index contributed by atoms with van der Waals surface area (Å²) in [4.78, 5) is 12.4. The largest absolute Gasteiger partial charge is 0.352 e. The van der Waals surface area contributed by atoms with E-state index in [1.54, 1.807) is 0 Å². The molecule has 0 aromatic rings. The van der Waals surface area contributed by atoms with E-state index in [1.807, 2.05) is 0 Å². The molecular weight excluding hydrogens is 338 g/mol. The number of nitrogens with one attached hydrogen (secondary N) is 1. The second-order valence-corrected chi connectivity index (χ2v) is 8.67. The molecule has 136 valence electrons. The van der Waals surface area contributed by atoms with E-state index in [0.717, 1.165) is 12.8 Å². The molecule has 0 aromatic carbocycles. The van der Waals surface area contributed by atoms with Gasteiger partial charge in [0.15, 0.2) is 0 Å². The maximum absolute atomic E-state index is 12.4. The molecule has 8 heteroatoms. The van der Waals surface area contributed by atoms with E-state index in [9.17, 15) is 13.2 Å². The van der Waals surface area contributed by atoms with Crippen LogP contribution in [0.4, 0.5) is 0 Å². The highest BCUT2D eigenvalue weighted by Gasteiger charge is 2.31. The van der Waals surface area contributed by atoms with Gasteiger partial charge in [-0.3, -0.25) is 4.79 Å². The fourth-order valence-electron chi connectivity index (χ4n) is 3.66. The zero-order valence-corrected chi connectivity index (χ0v) is 15.5. The Labute approximate surface area is 146 Å². The summed E-state index contributed by atoms with van der Waals surface area (Å²) >= 11 is 0. The summed E-state index contributed by atoms with van der Waals surface area (Å²) in [6.07, 6.45) is 8.45. The second-order valence-electron chi connectivity index (χ2n) is 6.69. The van der Waals surface area contributed by atoms with E-state index >= 15 is 0 Å². The molecule has 1 unspecified atom stereocenters. The van der Waals surface area contributed by atoms with Crippen molar-refractivity contribution in [3.05, 3.63) is 0 Å². The van der Waals surface area contributed by atoms with Gasteiger partial charge < -0.3 is 11.1 Å². The minimum Gasteiger partial charge on any atom is -0.352 e. The predicted octanol–water partition coefficient (Wildman–Crippen LogP) is 1.10. The van der Waals surface area contributed by atoms with Crippen molar-refractivity contribution in [3.63, 3.8) is 0 Å². The molecule has 0 radical (unpaired) electrons. The van der Waals surface area contributed by atoms with Crippen LogP contribution < -0.4 is 11.1 Å². The van der Waals surface area contributed by atoms with Gasteiger partial charge in [-0.1, -0.05) is 19.3 Å². The first-order chi connectivity index (χ1) is 10.4. The molecule has 1 aliphatic heterocycles. The Hall–Kier alpha value is -0.370. The molecule has 6 nitrogen and oxygen atoms in total. The lowest BCUT2D eigenvalue weighted by Gasteiger charge is -2.33. The number of piperidine rings is 1. The Morgan fingerprint density at radius 2 is 1.74 bits per heavy atom. The lowest BCUT2D eigenvalue weighted by atomic mass is 9.83. The Kier molecular flexibility index (Phi) is 8.27.